The number of benzene rings is 1. The summed E-state index contributed by atoms with van der Waals surface area (Å²) in [5.74, 6) is 5.18. The quantitative estimate of drug-likeness (QED) is 0.793. The molecule has 0 unspecified atom stereocenters. The molecule has 6 heteroatoms. The normalized spacial score (nSPS) is 17.2. The minimum absolute atomic E-state index is 0.0370. The van der Waals surface area contributed by atoms with E-state index in [2.05, 4.69) is 21.5 Å². The van der Waals surface area contributed by atoms with E-state index >= 15 is 0 Å². The molecule has 1 saturated heterocycles. The Bertz CT molecular complexity index is 638. The van der Waals surface area contributed by atoms with Crippen LogP contribution in [0.5, 0.6) is 0 Å². The van der Waals surface area contributed by atoms with Gasteiger partial charge >= 0.3 is 0 Å². The first kappa shape index (κ1) is 16.0. The Hall–Kier alpha value is -1.39. The van der Waals surface area contributed by atoms with Gasteiger partial charge in [0.2, 0.25) is 10.0 Å². The molecule has 0 radical (unpaired) electrons. The number of rotatable bonds is 3. The Morgan fingerprint density at radius 2 is 2.00 bits per heavy atom. The van der Waals surface area contributed by atoms with E-state index in [0.29, 0.717) is 5.56 Å². The van der Waals surface area contributed by atoms with Gasteiger partial charge in [-0.3, -0.25) is 0 Å². The van der Waals surface area contributed by atoms with Crippen LogP contribution in [-0.2, 0) is 10.0 Å². The second-order valence-corrected chi connectivity index (χ2v) is 6.84. The fourth-order valence-corrected chi connectivity index (χ4v) is 3.82. The first-order chi connectivity index (χ1) is 10.0. The number of hydrogen-bond acceptors (Lipinski definition) is 4. The highest BCUT2D eigenvalue weighted by Gasteiger charge is 2.24. The topological polar surface area (TPSA) is 69.6 Å². The fourth-order valence-electron chi connectivity index (χ4n) is 2.35. The lowest BCUT2D eigenvalue weighted by molar-refractivity contribution is 0.248. The van der Waals surface area contributed by atoms with Gasteiger partial charge in [0, 0.05) is 11.6 Å². The van der Waals surface area contributed by atoms with Crippen molar-refractivity contribution < 1.29 is 13.5 Å². The molecular formula is C15H20N2O3S. The summed E-state index contributed by atoms with van der Waals surface area (Å²) >= 11 is 0. The van der Waals surface area contributed by atoms with E-state index in [1.807, 2.05) is 7.05 Å². The highest BCUT2D eigenvalue weighted by molar-refractivity contribution is 7.89. The predicted octanol–water partition coefficient (Wildman–Crippen LogP) is 0.403. The van der Waals surface area contributed by atoms with Crippen molar-refractivity contribution in [3.8, 4) is 11.8 Å². The van der Waals surface area contributed by atoms with E-state index in [-0.39, 0.29) is 17.5 Å². The number of sulfonamides is 1. The number of nitrogens with zero attached hydrogens (tertiary/aromatic N) is 1. The summed E-state index contributed by atoms with van der Waals surface area (Å²) in [6.07, 6.45) is 1.61. The number of piperidine rings is 1. The number of likely N-dealkylation sites (tertiary alicyclic amines) is 1. The van der Waals surface area contributed by atoms with Gasteiger partial charge in [0.15, 0.2) is 0 Å². The largest absolute Gasteiger partial charge is 0.384 e. The Morgan fingerprint density at radius 1 is 1.33 bits per heavy atom. The van der Waals surface area contributed by atoms with Gasteiger partial charge in [-0.15, -0.1) is 0 Å². The summed E-state index contributed by atoms with van der Waals surface area (Å²) in [5, 5.41) is 8.76. The number of hydrogen-bond donors (Lipinski definition) is 2. The minimum Gasteiger partial charge on any atom is -0.384 e. The summed E-state index contributed by atoms with van der Waals surface area (Å²) in [7, 11) is -1.56. The van der Waals surface area contributed by atoms with Crippen LogP contribution in [0.1, 0.15) is 18.4 Å². The maximum absolute atomic E-state index is 12.5. The van der Waals surface area contributed by atoms with Crippen molar-refractivity contribution in [2.75, 3.05) is 26.7 Å². The molecule has 1 aromatic rings. The van der Waals surface area contributed by atoms with E-state index < -0.39 is 10.0 Å². The van der Waals surface area contributed by atoms with Crippen molar-refractivity contribution in [3.63, 3.8) is 0 Å². The average molecular weight is 308 g/mol. The van der Waals surface area contributed by atoms with Crippen LogP contribution in [0.3, 0.4) is 0 Å². The van der Waals surface area contributed by atoms with Crippen LogP contribution in [-0.4, -0.2) is 51.2 Å². The van der Waals surface area contributed by atoms with Gasteiger partial charge in [-0.05, 0) is 45.1 Å². The van der Waals surface area contributed by atoms with E-state index in [9.17, 15) is 8.42 Å². The molecule has 1 heterocycles. The highest BCUT2D eigenvalue weighted by Crippen LogP contribution is 2.17. The molecule has 1 aliphatic heterocycles. The molecule has 114 valence electrons. The second-order valence-electron chi connectivity index (χ2n) is 5.15. The molecule has 5 nitrogen and oxygen atoms in total. The number of aliphatic hydroxyl groups is 1. The summed E-state index contributed by atoms with van der Waals surface area (Å²) in [5.41, 5.74) is 0.409. The Kier molecular flexibility index (Phi) is 5.37. The average Bonchev–Trinajstić information content (AvgIpc) is 2.47. The maximum Gasteiger partial charge on any atom is 0.242 e. The van der Waals surface area contributed by atoms with Crippen LogP contribution in [0.2, 0.25) is 0 Å². The monoisotopic (exact) mass is 308 g/mol. The van der Waals surface area contributed by atoms with Crippen LogP contribution < -0.4 is 4.72 Å². The van der Waals surface area contributed by atoms with Gasteiger partial charge in [-0.1, -0.05) is 24.0 Å². The fraction of sp³-hybridized carbons (Fsp3) is 0.467. The van der Waals surface area contributed by atoms with E-state index in [0.717, 1.165) is 25.9 Å². The molecule has 21 heavy (non-hydrogen) atoms. The molecule has 1 aromatic carbocycles. The van der Waals surface area contributed by atoms with Crippen molar-refractivity contribution in [2.24, 2.45) is 0 Å². The van der Waals surface area contributed by atoms with Crippen molar-refractivity contribution in [3.05, 3.63) is 29.8 Å². The van der Waals surface area contributed by atoms with E-state index in [1.54, 1.807) is 24.3 Å². The maximum atomic E-state index is 12.5. The van der Waals surface area contributed by atoms with Gasteiger partial charge in [0.05, 0.1) is 4.90 Å². The standard InChI is InChI=1S/C15H20N2O3S/c1-17-10-8-14(9-11-17)16-21(19,20)15-7-3-2-5-13(15)6-4-12-18/h2-3,5,7,14,16,18H,8-12H2,1H3. The van der Waals surface area contributed by atoms with Gasteiger partial charge < -0.3 is 10.0 Å². The van der Waals surface area contributed by atoms with Gasteiger partial charge in [0.25, 0.3) is 0 Å². The van der Waals surface area contributed by atoms with Gasteiger partial charge in [0.1, 0.15) is 6.61 Å². The predicted molar refractivity (Wildman–Crippen MR) is 81.2 cm³/mol. The summed E-state index contributed by atoms with van der Waals surface area (Å²) in [4.78, 5) is 2.36. The zero-order valence-corrected chi connectivity index (χ0v) is 12.9. The summed E-state index contributed by atoms with van der Waals surface area (Å²) < 4.78 is 27.8. The van der Waals surface area contributed by atoms with E-state index in [1.165, 1.54) is 0 Å². The van der Waals surface area contributed by atoms with Crippen molar-refractivity contribution >= 4 is 10.0 Å². The molecule has 1 fully saturated rings. The Balaban J connectivity index is 2.20. The zero-order valence-electron chi connectivity index (χ0n) is 12.0. The molecular weight excluding hydrogens is 288 g/mol. The van der Waals surface area contributed by atoms with Crippen LogP contribution in [0.4, 0.5) is 0 Å². The molecule has 2 rings (SSSR count). The van der Waals surface area contributed by atoms with Crippen LogP contribution in [0.15, 0.2) is 29.2 Å². The summed E-state index contributed by atoms with van der Waals surface area (Å²) in [6.45, 7) is 1.48. The highest BCUT2D eigenvalue weighted by atomic mass is 32.2. The first-order valence-electron chi connectivity index (χ1n) is 6.92. The van der Waals surface area contributed by atoms with Crippen molar-refractivity contribution in [1.29, 1.82) is 0 Å². The third kappa shape index (κ3) is 4.29. The summed E-state index contributed by atoms with van der Waals surface area (Å²) in [6, 6.07) is 6.55. The molecule has 2 N–H and O–H groups in total. The molecule has 0 aliphatic carbocycles. The van der Waals surface area contributed by atoms with Crippen LogP contribution in [0.25, 0.3) is 0 Å². The molecule has 0 saturated carbocycles. The van der Waals surface area contributed by atoms with E-state index in [4.69, 9.17) is 5.11 Å². The molecule has 0 atom stereocenters. The lowest BCUT2D eigenvalue weighted by atomic mass is 10.1. The third-order valence-corrected chi connectivity index (χ3v) is 5.10. The van der Waals surface area contributed by atoms with Crippen molar-refractivity contribution in [2.45, 2.75) is 23.8 Å². The lowest BCUT2D eigenvalue weighted by Crippen LogP contribution is -2.43. The smallest absolute Gasteiger partial charge is 0.242 e. The molecule has 0 amide bonds. The molecule has 0 bridgehead atoms. The number of aliphatic hydroxyl groups excluding tert-OH is 1. The Labute approximate surface area is 126 Å². The van der Waals surface area contributed by atoms with Gasteiger partial charge in [-0.25, -0.2) is 13.1 Å². The minimum atomic E-state index is -3.59. The molecule has 1 aliphatic rings. The number of nitrogens with one attached hydrogen (secondary N) is 1. The third-order valence-electron chi connectivity index (χ3n) is 3.52. The van der Waals surface area contributed by atoms with Crippen molar-refractivity contribution in [1.82, 2.24) is 9.62 Å². The van der Waals surface area contributed by atoms with Gasteiger partial charge in [-0.2, -0.15) is 0 Å². The lowest BCUT2D eigenvalue weighted by Gasteiger charge is -2.29. The second kappa shape index (κ2) is 7.05. The Morgan fingerprint density at radius 3 is 2.67 bits per heavy atom. The van der Waals surface area contributed by atoms with Crippen LogP contribution in [0, 0.1) is 11.8 Å². The molecule has 0 aromatic heterocycles. The first-order valence-corrected chi connectivity index (χ1v) is 8.41. The van der Waals surface area contributed by atoms with Crippen LogP contribution >= 0.6 is 0 Å². The molecule has 0 spiro atoms. The SMILES string of the molecule is CN1CCC(NS(=O)(=O)c2ccccc2C#CCO)CC1. The zero-order chi connectivity index (χ0) is 15.3.